The first-order valence-corrected chi connectivity index (χ1v) is 6.91. The summed E-state index contributed by atoms with van der Waals surface area (Å²) in [6, 6.07) is 5.61. The third kappa shape index (κ3) is 7.29. The average Bonchev–Trinajstić information content (AvgIpc) is 2.42. The number of carbonyl (C=O) groups excluding carboxylic acids is 1. The number of amides is 1. The van der Waals surface area contributed by atoms with Gasteiger partial charge in [-0.05, 0) is 31.9 Å². The van der Waals surface area contributed by atoms with Crippen molar-refractivity contribution in [2.45, 2.75) is 38.7 Å². The smallest absolute Gasteiger partial charge is 0.303 e. The van der Waals surface area contributed by atoms with Gasteiger partial charge in [-0.1, -0.05) is 12.5 Å². The van der Waals surface area contributed by atoms with E-state index >= 15 is 0 Å². The molecule has 0 saturated heterocycles. The van der Waals surface area contributed by atoms with Crippen molar-refractivity contribution in [2.24, 2.45) is 0 Å². The molecule has 21 heavy (non-hydrogen) atoms. The molecule has 1 rings (SSSR count). The number of aliphatic carboxylic acids is 1. The summed E-state index contributed by atoms with van der Waals surface area (Å²) in [5, 5.41) is 11.2. The number of carboxylic acids is 1. The van der Waals surface area contributed by atoms with Crippen LogP contribution in [0.4, 0.5) is 4.39 Å². The quantitative estimate of drug-likeness (QED) is 0.686. The SMILES string of the molecule is CC(Oc1cccc(F)c1)C(=O)NCCCCCC(=O)O. The zero-order valence-electron chi connectivity index (χ0n) is 12.0. The fourth-order valence-corrected chi connectivity index (χ4v) is 1.73. The van der Waals surface area contributed by atoms with Gasteiger partial charge in [-0.25, -0.2) is 4.39 Å². The van der Waals surface area contributed by atoms with Crippen molar-refractivity contribution in [3.05, 3.63) is 30.1 Å². The van der Waals surface area contributed by atoms with E-state index in [4.69, 9.17) is 9.84 Å². The molecule has 1 amide bonds. The summed E-state index contributed by atoms with van der Waals surface area (Å²) in [4.78, 5) is 22.1. The first-order valence-electron chi connectivity index (χ1n) is 6.91. The van der Waals surface area contributed by atoms with E-state index in [1.807, 2.05) is 0 Å². The molecular weight excluding hydrogens is 277 g/mol. The highest BCUT2D eigenvalue weighted by atomic mass is 19.1. The number of rotatable bonds is 9. The zero-order chi connectivity index (χ0) is 15.7. The minimum Gasteiger partial charge on any atom is -0.481 e. The molecule has 116 valence electrons. The second-order valence-corrected chi connectivity index (χ2v) is 4.71. The molecule has 0 bridgehead atoms. The maximum absolute atomic E-state index is 13.0. The van der Waals surface area contributed by atoms with Crippen LogP contribution < -0.4 is 10.1 Å². The summed E-state index contributed by atoms with van der Waals surface area (Å²) in [5.74, 6) is -1.20. The first kappa shape index (κ1) is 16.9. The molecule has 1 atom stereocenters. The van der Waals surface area contributed by atoms with E-state index in [9.17, 15) is 14.0 Å². The van der Waals surface area contributed by atoms with E-state index in [1.54, 1.807) is 13.0 Å². The Morgan fingerprint density at radius 2 is 2.10 bits per heavy atom. The van der Waals surface area contributed by atoms with Gasteiger partial charge in [-0.15, -0.1) is 0 Å². The van der Waals surface area contributed by atoms with Crippen LogP contribution in [0.1, 0.15) is 32.6 Å². The van der Waals surface area contributed by atoms with Crippen LogP contribution in [0.25, 0.3) is 0 Å². The van der Waals surface area contributed by atoms with Crippen LogP contribution in [0.2, 0.25) is 0 Å². The van der Waals surface area contributed by atoms with Gasteiger partial charge in [0.25, 0.3) is 5.91 Å². The molecule has 0 spiro atoms. The summed E-state index contributed by atoms with van der Waals surface area (Å²) in [5.41, 5.74) is 0. The highest BCUT2D eigenvalue weighted by Gasteiger charge is 2.14. The van der Waals surface area contributed by atoms with Gasteiger partial charge in [-0.2, -0.15) is 0 Å². The molecule has 1 aromatic rings. The molecule has 0 heterocycles. The molecule has 6 heteroatoms. The zero-order valence-corrected chi connectivity index (χ0v) is 12.0. The van der Waals surface area contributed by atoms with E-state index < -0.39 is 17.9 Å². The van der Waals surface area contributed by atoms with Crippen molar-refractivity contribution in [3.8, 4) is 5.75 Å². The fraction of sp³-hybridized carbons (Fsp3) is 0.467. The third-order valence-corrected chi connectivity index (χ3v) is 2.84. The molecule has 1 unspecified atom stereocenters. The van der Waals surface area contributed by atoms with Gasteiger partial charge in [0, 0.05) is 19.0 Å². The third-order valence-electron chi connectivity index (χ3n) is 2.84. The van der Waals surface area contributed by atoms with E-state index in [0.717, 1.165) is 6.42 Å². The minimum absolute atomic E-state index is 0.146. The molecule has 0 radical (unpaired) electrons. The van der Waals surface area contributed by atoms with Crippen molar-refractivity contribution in [1.82, 2.24) is 5.32 Å². The van der Waals surface area contributed by atoms with Crippen LogP contribution in [0, 0.1) is 5.82 Å². The molecule has 0 saturated carbocycles. The molecule has 1 aromatic carbocycles. The molecule has 5 nitrogen and oxygen atoms in total. The van der Waals surface area contributed by atoms with Crippen LogP contribution in [-0.4, -0.2) is 29.6 Å². The van der Waals surface area contributed by atoms with Crippen LogP contribution in [0.15, 0.2) is 24.3 Å². The standard InChI is InChI=1S/C15H20FNO4/c1-11(21-13-7-5-6-12(16)10-13)15(20)17-9-4-2-3-8-14(18)19/h5-7,10-11H,2-4,8-9H2,1H3,(H,17,20)(H,18,19). The second-order valence-electron chi connectivity index (χ2n) is 4.71. The number of nitrogens with one attached hydrogen (secondary N) is 1. The summed E-state index contributed by atoms with van der Waals surface area (Å²) in [7, 11) is 0. The van der Waals surface area contributed by atoms with Crippen molar-refractivity contribution < 1.29 is 23.8 Å². The number of benzene rings is 1. The lowest BCUT2D eigenvalue weighted by atomic mass is 10.2. The Morgan fingerprint density at radius 3 is 2.76 bits per heavy atom. The Hall–Kier alpha value is -2.11. The maximum Gasteiger partial charge on any atom is 0.303 e. The number of halogens is 1. The van der Waals surface area contributed by atoms with Gasteiger partial charge in [0.1, 0.15) is 11.6 Å². The summed E-state index contributed by atoms with van der Waals surface area (Å²) in [6.07, 6.45) is 1.48. The van der Waals surface area contributed by atoms with E-state index in [1.165, 1.54) is 18.2 Å². The number of hydrogen-bond acceptors (Lipinski definition) is 3. The number of carbonyl (C=O) groups is 2. The molecule has 0 aliphatic carbocycles. The van der Waals surface area contributed by atoms with Gasteiger partial charge < -0.3 is 15.2 Å². The molecule has 0 aliphatic rings. The Balaban J connectivity index is 2.21. The largest absolute Gasteiger partial charge is 0.481 e. The van der Waals surface area contributed by atoms with Gasteiger partial charge in [-0.3, -0.25) is 9.59 Å². The monoisotopic (exact) mass is 297 g/mol. The van der Waals surface area contributed by atoms with Gasteiger partial charge in [0.15, 0.2) is 6.10 Å². The van der Waals surface area contributed by atoms with E-state index in [0.29, 0.717) is 25.1 Å². The Bertz CT molecular complexity index is 478. The van der Waals surface area contributed by atoms with Crippen molar-refractivity contribution in [2.75, 3.05) is 6.54 Å². The molecule has 0 aliphatic heterocycles. The lowest BCUT2D eigenvalue weighted by Gasteiger charge is -2.14. The van der Waals surface area contributed by atoms with Gasteiger partial charge in [0.2, 0.25) is 0 Å². The van der Waals surface area contributed by atoms with Crippen molar-refractivity contribution >= 4 is 11.9 Å². The minimum atomic E-state index is -0.809. The number of hydrogen-bond donors (Lipinski definition) is 2. The van der Waals surface area contributed by atoms with E-state index in [2.05, 4.69) is 5.32 Å². The van der Waals surface area contributed by atoms with Crippen LogP contribution in [-0.2, 0) is 9.59 Å². The Morgan fingerprint density at radius 1 is 1.33 bits per heavy atom. The lowest BCUT2D eigenvalue weighted by molar-refractivity contribution is -0.137. The predicted molar refractivity (Wildman–Crippen MR) is 75.6 cm³/mol. The Kier molecular flexibility index (Phi) is 7.21. The molecular formula is C15H20FNO4. The van der Waals surface area contributed by atoms with Crippen molar-refractivity contribution in [1.29, 1.82) is 0 Å². The normalized spacial score (nSPS) is 11.7. The predicted octanol–water partition coefficient (Wildman–Crippen LogP) is 2.35. The highest BCUT2D eigenvalue weighted by Crippen LogP contribution is 2.13. The molecule has 0 aromatic heterocycles. The lowest BCUT2D eigenvalue weighted by Crippen LogP contribution is -2.36. The number of carboxylic acid groups (broad SMARTS) is 1. The van der Waals surface area contributed by atoms with E-state index in [-0.39, 0.29) is 12.3 Å². The van der Waals surface area contributed by atoms with Gasteiger partial charge in [0.05, 0.1) is 0 Å². The topological polar surface area (TPSA) is 75.6 Å². The van der Waals surface area contributed by atoms with Gasteiger partial charge >= 0.3 is 5.97 Å². The van der Waals surface area contributed by atoms with Crippen molar-refractivity contribution in [3.63, 3.8) is 0 Å². The van der Waals surface area contributed by atoms with Crippen LogP contribution in [0.3, 0.4) is 0 Å². The number of unbranched alkanes of at least 4 members (excludes halogenated alkanes) is 2. The summed E-state index contributed by atoms with van der Waals surface area (Å²) < 4.78 is 18.3. The fourth-order valence-electron chi connectivity index (χ4n) is 1.73. The second kappa shape index (κ2) is 8.94. The maximum atomic E-state index is 13.0. The molecule has 0 fully saturated rings. The average molecular weight is 297 g/mol. The molecule has 2 N–H and O–H groups in total. The van der Waals surface area contributed by atoms with Crippen LogP contribution >= 0.6 is 0 Å². The first-order chi connectivity index (χ1) is 9.99. The Labute approximate surface area is 123 Å². The summed E-state index contributed by atoms with van der Waals surface area (Å²) >= 11 is 0. The summed E-state index contributed by atoms with van der Waals surface area (Å²) in [6.45, 7) is 2.06. The van der Waals surface area contributed by atoms with Crippen LogP contribution in [0.5, 0.6) is 5.75 Å². The number of ether oxygens (including phenoxy) is 1. The highest BCUT2D eigenvalue weighted by molar-refractivity contribution is 5.80.